The summed E-state index contributed by atoms with van der Waals surface area (Å²) in [7, 11) is 0. The molecule has 1 unspecified atom stereocenters. The lowest BCUT2D eigenvalue weighted by molar-refractivity contribution is -0.137. The maximum Gasteiger partial charge on any atom is 0.303 e. The first-order chi connectivity index (χ1) is 8.25. The average molecular weight is 255 g/mol. The molecule has 2 heterocycles. The van der Waals surface area contributed by atoms with Crippen LogP contribution in [0.3, 0.4) is 0 Å². The summed E-state index contributed by atoms with van der Waals surface area (Å²) in [5, 5.41) is 10.7. The Bertz CT molecular complexity index is 353. The van der Waals surface area contributed by atoms with Crippen LogP contribution >= 0.6 is 11.3 Å². The Morgan fingerprint density at radius 2 is 2.53 bits per heavy atom. The van der Waals surface area contributed by atoms with Gasteiger partial charge in [0.2, 0.25) is 0 Å². The predicted octanol–water partition coefficient (Wildman–Crippen LogP) is 1.99. The molecule has 4 nitrogen and oxygen atoms in total. The third kappa shape index (κ3) is 3.80. The highest BCUT2D eigenvalue weighted by Crippen LogP contribution is 2.25. The van der Waals surface area contributed by atoms with Gasteiger partial charge in [0.05, 0.1) is 6.61 Å². The van der Waals surface area contributed by atoms with Crippen LogP contribution in [0.15, 0.2) is 17.5 Å². The van der Waals surface area contributed by atoms with Gasteiger partial charge in [-0.3, -0.25) is 9.69 Å². The van der Waals surface area contributed by atoms with E-state index in [1.807, 2.05) is 6.07 Å². The van der Waals surface area contributed by atoms with Crippen molar-refractivity contribution in [1.29, 1.82) is 0 Å². The number of rotatable bonds is 5. The maximum absolute atomic E-state index is 10.5. The zero-order chi connectivity index (χ0) is 12.1. The predicted molar refractivity (Wildman–Crippen MR) is 66.3 cm³/mol. The van der Waals surface area contributed by atoms with Gasteiger partial charge in [-0.05, 0) is 24.4 Å². The van der Waals surface area contributed by atoms with Gasteiger partial charge in [-0.25, -0.2) is 0 Å². The van der Waals surface area contributed by atoms with Crippen molar-refractivity contribution in [2.24, 2.45) is 0 Å². The van der Waals surface area contributed by atoms with E-state index >= 15 is 0 Å². The van der Waals surface area contributed by atoms with Crippen molar-refractivity contribution in [3.05, 3.63) is 22.4 Å². The first-order valence-electron chi connectivity index (χ1n) is 5.85. The molecule has 94 valence electrons. The molecular weight excluding hydrogens is 238 g/mol. The summed E-state index contributed by atoms with van der Waals surface area (Å²) in [6, 6.07) is 4.13. The third-order valence-electron chi connectivity index (χ3n) is 2.88. The first kappa shape index (κ1) is 12.5. The minimum Gasteiger partial charge on any atom is -0.481 e. The Morgan fingerprint density at radius 3 is 3.24 bits per heavy atom. The molecule has 1 N–H and O–H groups in total. The standard InChI is InChI=1S/C12H17NO3S/c14-12(15)4-1-5-13-6-7-16-10(9-13)11-3-2-8-17-11/h2-3,8,10H,1,4-7,9H2,(H,14,15). The van der Waals surface area contributed by atoms with Gasteiger partial charge in [0.15, 0.2) is 0 Å². The van der Waals surface area contributed by atoms with E-state index in [1.165, 1.54) is 4.88 Å². The van der Waals surface area contributed by atoms with Crippen molar-refractivity contribution in [2.45, 2.75) is 18.9 Å². The quantitative estimate of drug-likeness (QED) is 0.874. The number of ether oxygens (including phenoxy) is 1. The van der Waals surface area contributed by atoms with Gasteiger partial charge in [0.25, 0.3) is 0 Å². The molecule has 5 heteroatoms. The highest BCUT2D eigenvalue weighted by atomic mass is 32.1. The summed E-state index contributed by atoms with van der Waals surface area (Å²) < 4.78 is 5.73. The van der Waals surface area contributed by atoms with Crippen molar-refractivity contribution < 1.29 is 14.6 Å². The molecule has 0 radical (unpaired) electrons. The van der Waals surface area contributed by atoms with Gasteiger partial charge >= 0.3 is 5.97 Å². The number of carboxylic acid groups (broad SMARTS) is 1. The Hall–Kier alpha value is -0.910. The normalized spacial score (nSPS) is 21.5. The topological polar surface area (TPSA) is 49.8 Å². The largest absolute Gasteiger partial charge is 0.481 e. The third-order valence-corrected chi connectivity index (χ3v) is 3.84. The second-order valence-electron chi connectivity index (χ2n) is 4.17. The average Bonchev–Trinajstić information content (AvgIpc) is 2.82. The first-order valence-corrected chi connectivity index (χ1v) is 6.73. The second-order valence-corrected chi connectivity index (χ2v) is 5.15. The Kier molecular flexibility index (Phi) is 4.53. The smallest absolute Gasteiger partial charge is 0.303 e. The van der Waals surface area contributed by atoms with Crippen LogP contribution in [-0.2, 0) is 9.53 Å². The van der Waals surface area contributed by atoms with Gasteiger partial charge in [-0.15, -0.1) is 11.3 Å². The molecule has 0 saturated carbocycles. The van der Waals surface area contributed by atoms with Crippen molar-refractivity contribution in [3.8, 4) is 0 Å². The lowest BCUT2D eigenvalue weighted by Gasteiger charge is -2.32. The summed E-state index contributed by atoms with van der Waals surface area (Å²) in [6.07, 6.45) is 1.13. The summed E-state index contributed by atoms with van der Waals surface area (Å²) in [5.41, 5.74) is 0. The second kappa shape index (κ2) is 6.14. The van der Waals surface area contributed by atoms with E-state index in [9.17, 15) is 4.79 Å². The summed E-state index contributed by atoms with van der Waals surface area (Å²) in [5.74, 6) is -0.715. The molecule has 0 spiro atoms. The number of carboxylic acids is 1. The molecule has 0 amide bonds. The summed E-state index contributed by atoms with van der Waals surface area (Å²) in [4.78, 5) is 14.0. The van der Waals surface area contributed by atoms with Crippen molar-refractivity contribution in [2.75, 3.05) is 26.2 Å². The number of carbonyl (C=O) groups is 1. The Labute approximate surface area is 105 Å². The van der Waals surface area contributed by atoms with E-state index in [0.717, 1.165) is 26.2 Å². The van der Waals surface area contributed by atoms with Crippen LogP contribution in [-0.4, -0.2) is 42.2 Å². The minimum atomic E-state index is -0.715. The minimum absolute atomic E-state index is 0.161. The van der Waals surface area contributed by atoms with Gasteiger partial charge in [-0.2, -0.15) is 0 Å². The molecule has 0 aromatic carbocycles. The number of morpholine rings is 1. The zero-order valence-electron chi connectivity index (χ0n) is 9.67. The molecule has 0 bridgehead atoms. The van der Waals surface area contributed by atoms with Crippen LogP contribution in [0.25, 0.3) is 0 Å². The van der Waals surface area contributed by atoms with Crippen molar-refractivity contribution >= 4 is 17.3 Å². The van der Waals surface area contributed by atoms with E-state index in [2.05, 4.69) is 16.3 Å². The molecule has 0 aliphatic carbocycles. The maximum atomic E-state index is 10.5. The molecule has 1 aromatic heterocycles. The molecule has 1 aliphatic rings. The highest BCUT2D eigenvalue weighted by molar-refractivity contribution is 7.10. The molecule has 1 aromatic rings. The fourth-order valence-corrected chi connectivity index (χ4v) is 2.77. The van der Waals surface area contributed by atoms with Crippen LogP contribution in [0.2, 0.25) is 0 Å². The van der Waals surface area contributed by atoms with Gasteiger partial charge in [0, 0.05) is 24.4 Å². The Balaban J connectivity index is 1.79. The van der Waals surface area contributed by atoms with Crippen LogP contribution < -0.4 is 0 Å². The monoisotopic (exact) mass is 255 g/mol. The van der Waals surface area contributed by atoms with Gasteiger partial charge < -0.3 is 9.84 Å². The van der Waals surface area contributed by atoms with Crippen LogP contribution in [0.4, 0.5) is 0 Å². The van der Waals surface area contributed by atoms with Crippen LogP contribution in [0.1, 0.15) is 23.8 Å². The van der Waals surface area contributed by atoms with Crippen molar-refractivity contribution in [3.63, 3.8) is 0 Å². The van der Waals surface area contributed by atoms with E-state index in [-0.39, 0.29) is 12.5 Å². The van der Waals surface area contributed by atoms with E-state index in [0.29, 0.717) is 6.42 Å². The lowest BCUT2D eigenvalue weighted by atomic mass is 10.2. The van der Waals surface area contributed by atoms with Gasteiger partial charge in [-0.1, -0.05) is 6.07 Å². The van der Waals surface area contributed by atoms with E-state index < -0.39 is 5.97 Å². The number of hydrogen-bond acceptors (Lipinski definition) is 4. The fraction of sp³-hybridized carbons (Fsp3) is 0.583. The number of aliphatic carboxylic acids is 1. The molecule has 1 aliphatic heterocycles. The SMILES string of the molecule is O=C(O)CCCN1CCOC(c2cccs2)C1. The molecule has 2 rings (SSSR count). The fourth-order valence-electron chi connectivity index (χ4n) is 2.01. The highest BCUT2D eigenvalue weighted by Gasteiger charge is 2.22. The van der Waals surface area contributed by atoms with Crippen molar-refractivity contribution in [1.82, 2.24) is 4.90 Å². The van der Waals surface area contributed by atoms with E-state index in [1.54, 1.807) is 11.3 Å². The molecule has 1 saturated heterocycles. The summed E-state index contributed by atoms with van der Waals surface area (Å²) in [6.45, 7) is 3.36. The molecule has 1 atom stereocenters. The lowest BCUT2D eigenvalue weighted by Crippen LogP contribution is -2.38. The van der Waals surface area contributed by atoms with Gasteiger partial charge in [0.1, 0.15) is 6.10 Å². The van der Waals surface area contributed by atoms with E-state index in [4.69, 9.17) is 9.84 Å². The number of thiophene rings is 1. The summed E-state index contributed by atoms with van der Waals surface area (Å²) >= 11 is 1.71. The molecular formula is C12H17NO3S. The number of hydrogen-bond donors (Lipinski definition) is 1. The molecule has 17 heavy (non-hydrogen) atoms. The van der Waals surface area contributed by atoms with Crippen LogP contribution in [0.5, 0.6) is 0 Å². The zero-order valence-corrected chi connectivity index (χ0v) is 10.5. The van der Waals surface area contributed by atoms with Crippen LogP contribution in [0, 0.1) is 0 Å². The Morgan fingerprint density at radius 1 is 1.65 bits per heavy atom. The number of nitrogens with zero attached hydrogens (tertiary/aromatic N) is 1. The molecule has 1 fully saturated rings.